The van der Waals surface area contributed by atoms with Crippen molar-refractivity contribution in [1.29, 1.82) is 0 Å². The standard InChI is InChI=1S/C34H23N3/c1-34(2)30-18-23(22-6-4-8-27(17-22)35-3)11-13-28(30)29-14-12-24(19-31(29)34)26-16-25-10-9-21-7-5-15-36-32(21)33(25)37-20-26/h4-20H,1-2H3. The Labute approximate surface area is 215 Å². The van der Waals surface area contributed by atoms with Crippen molar-refractivity contribution in [2.24, 2.45) is 0 Å². The third kappa shape index (κ3) is 3.27. The summed E-state index contributed by atoms with van der Waals surface area (Å²) in [6.45, 7) is 12.0. The lowest BCUT2D eigenvalue weighted by Gasteiger charge is -2.22. The maximum Gasteiger partial charge on any atom is 0.187 e. The molecule has 2 heterocycles. The van der Waals surface area contributed by atoms with Crippen molar-refractivity contribution in [3.63, 3.8) is 0 Å². The molecule has 0 atom stereocenters. The number of hydrogen-bond acceptors (Lipinski definition) is 2. The molecule has 3 nitrogen and oxygen atoms in total. The predicted octanol–water partition coefficient (Wildman–Crippen LogP) is 8.97. The maximum atomic E-state index is 7.36. The second-order valence-electron chi connectivity index (χ2n) is 10.2. The minimum absolute atomic E-state index is 0.140. The van der Waals surface area contributed by atoms with Gasteiger partial charge in [-0.15, -0.1) is 0 Å². The summed E-state index contributed by atoms with van der Waals surface area (Å²) in [5.41, 5.74) is 12.1. The van der Waals surface area contributed by atoms with Crippen LogP contribution in [0.2, 0.25) is 0 Å². The molecule has 2 aromatic heterocycles. The SMILES string of the molecule is [C-]#[N+]c1cccc(-c2ccc3c(c2)C(C)(C)c2cc(-c4cnc5c(ccc6cccnc65)c4)ccc2-3)c1. The Bertz CT molecular complexity index is 1920. The smallest absolute Gasteiger partial charge is 0.187 e. The van der Waals surface area contributed by atoms with Gasteiger partial charge in [0.2, 0.25) is 0 Å². The molecule has 0 unspecified atom stereocenters. The first-order chi connectivity index (χ1) is 18.0. The molecule has 0 fully saturated rings. The fraction of sp³-hybridized carbons (Fsp3) is 0.0882. The first-order valence-corrected chi connectivity index (χ1v) is 12.4. The first kappa shape index (κ1) is 21.5. The molecule has 0 saturated heterocycles. The largest absolute Gasteiger partial charge is 0.254 e. The molecule has 37 heavy (non-hydrogen) atoms. The van der Waals surface area contributed by atoms with Crippen molar-refractivity contribution in [3.05, 3.63) is 126 Å². The summed E-state index contributed by atoms with van der Waals surface area (Å²) in [5.74, 6) is 0. The molecule has 0 amide bonds. The van der Waals surface area contributed by atoms with Gasteiger partial charge in [-0.3, -0.25) is 9.97 Å². The average Bonchev–Trinajstić information content (AvgIpc) is 3.18. The van der Waals surface area contributed by atoms with E-state index < -0.39 is 0 Å². The van der Waals surface area contributed by atoms with Gasteiger partial charge in [-0.25, -0.2) is 4.85 Å². The van der Waals surface area contributed by atoms with E-state index in [0.29, 0.717) is 5.69 Å². The number of benzene rings is 4. The van der Waals surface area contributed by atoms with Gasteiger partial charge in [0.05, 0.1) is 17.6 Å². The fourth-order valence-corrected chi connectivity index (χ4v) is 5.75. The van der Waals surface area contributed by atoms with Gasteiger partial charge in [0.25, 0.3) is 0 Å². The number of rotatable bonds is 2. The van der Waals surface area contributed by atoms with Gasteiger partial charge in [-0.1, -0.05) is 74.5 Å². The molecule has 174 valence electrons. The van der Waals surface area contributed by atoms with E-state index in [1.54, 1.807) is 0 Å². The van der Waals surface area contributed by atoms with Gasteiger partial charge in [0, 0.05) is 34.1 Å². The van der Waals surface area contributed by atoms with E-state index in [1.165, 1.54) is 27.8 Å². The summed E-state index contributed by atoms with van der Waals surface area (Å²) in [6.07, 6.45) is 3.79. The summed E-state index contributed by atoms with van der Waals surface area (Å²) in [4.78, 5) is 13.0. The molecule has 0 aliphatic heterocycles. The molecule has 0 bridgehead atoms. The monoisotopic (exact) mass is 473 g/mol. The van der Waals surface area contributed by atoms with Crippen molar-refractivity contribution < 1.29 is 0 Å². The van der Waals surface area contributed by atoms with E-state index in [9.17, 15) is 0 Å². The Balaban J connectivity index is 1.32. The molecule has 3 heteroatoms. The van der Waals surface area contributed by atoms with Crippen molar-refractivity contribution in [3.8, 4) is 33.4 Å². The van der Waals surface area contributed by atoms with Crippen molar-refractivity contribution in [1.82, 2.24) is 9.97 Å². The molecule has 1 aliphatic carbocycles. The van der Waals surface area contributed by atoms with Crippen molar-refractivity contribution >= 4 is 27.5 Å². The van der Waals surface area contributed by atoms with Gasteiger partial charge < -0.3 is 0 Å². The lowest BCUT2D eigenvalue weighted by molar-refractivity contribution is 0.661. The van der Waals surface area contributed by atoms with Crippen LogP contribution in [0.25, 0.3) is 60.0 Å². The highest BCUT2D eigenvalue weighted by molar-refractivity contribution is 6.03. The summed E-state index contributed by atoms with van der Waals surface area (Å²) < 4.78 is 0. The number of fused-ring (bicyclic) bond motifs is 6. The van der Waals surface area contributed by atoms with Crippen LogP contribution in [-0.2, 0) is 5.41 Å². The molecule has 0 saturated carbocycles. The average molecular weight is 474 g/mol. The molecule has 0 N–H and O–H groups in total. The Morgan fingerprint density at radius 3 is 2.05 bits per heavy atom. The number of hydrogen-bond donors (Lipinski definition) is 0. The Kier molecular flexibility index (Phi) is 4.55. The van der Waals surface area contributed by atoms with Crippen LogP contribution in [0.1, 0.15) is 25.0 Å². The molecule has 0 radical (unpaired) electrons. The van der Waals surface area contributed by atoms with Crippen LogP contribution < -0.4 is 0 Å². The fourth-order valence-electron chi connectivity index (χ4n) is 5.75. The van der Waals surface area contributed by atoms with Gasteiger partial charge in [-0.2, -0.15) is 0 Å². The molecule has 4 aromatic carbocycles. The van der Waals surface area contributed by atoms with Gasteiger partial charge in [0.15, 0.2) is 5.69 Å². The van der Waals surface area contributed by atoms with E-state index >= 15 is 0 Å². The van der Waals surface area contributed by atoms with E-state index in [1.807, 2.05) is 36.7 Å². The normalized spacial score (nSPS) is 13.3. The minimum atomic E-state index is -0.140. The highest BCUT2D eigenvalue weighted by Gasteiger charge is 2.35. The number of pyridine rings is 2. The van der Waals surface area contributed by atoms with E-state index in [-0.39, 0.29) is 5.41 Å². The Morgan fingerprint density at radius 2 is 1.30 bits per heavy atom. The predicted molar refractivity (Wildman–Crippen MR) is 152 cm³/mol. The Hall–Kier alpha value is -4.81. The number of nitrogens with zero attached hydrogens (tertiary/aromatic N) is 3. The molecular weight excluding hydrogens is 450 g/mol. The summed E-state index contributed by atoms with van der Waals surface area (Å²) >= 11 is 0. The second kappa shape index (κ2) is 7.85. The van der Waals surface area contributed by atoms with Gasteiger partial charge in [0.1, 0.15) is 0 Å². The highest BCUT2D eigenvalue weighted by Crippen LogP contribution is 2.50. The Morgan fingerprint density at radius 1 is 0.622 bits per heavy atom. The zero-order valence-corrected chi connectivity index (χ0v) is 20.7. The van der Waals surface area contributed by atoms with Crippen LogP contribution in [0.3, 0.4) is 0 Å². The highest BCUT2D eigenvalue weighted by atomic mass is 14.7. The van der Waals surface area contributed by atoms with Crippen LogP contribution in [0.4, 0.5) is 5.69 Å². The molecule has 1 aliphatic rings. The summed E-state index contributed by atoms with van der Waals surface area (Å²) in [6, 6.07) is 31.9. The minimum Gasteiger partial charge on any atom is -0.254 e. The van der Waals surface area contributed by atoms with Crippen LogP contribution in [0, 0.1) is 6.57 Å². The van der Waals surface area contributed by atoms with Crippen LogP contribution >= 0.6 is 0 Å². The third-order valence-corrected chi connectivity index (χ3v) is 7.74. The molecule has 0 spiro atoms. The first-order valence-electron chi connectivity index (χ1n) is 12.4. The van der Waals surface area contributed by atoms with E-state index in [4.69, 9.17) is 11.6 Å². The maximum absolute atomic E-state index is 7.36. The summed E-state index contributed by atoms with van der Waals surface area (Å²) in [7, 11) is 0. The van der Waals surface area contributed by atoms with Crippen LogP contribution in [-0.4, -0.2) is 9.97 Å². The van der Waals surface area contributed by atoms with Crippen molar-refractivity contribution in [2.45, 2.75) is 19.3 Å². The summed E-state index contributed by atoms with van der Waals surface area (Å²) in [5, 5.41) is 2.20. The topological polar surface area (TPSA) is 30.1 Å². The number of aromatic nitrogens is 2. The quantitative estimate of drug-likeness (QED) is 0.186. The van der Waals surface area contributed by atoms with Gasteiger partial charge in [-0.05, 0) is 69.3 Å². The zero-order chi connectivity index (χ0) is 25.1. The second-order valence-corrected chi connectivity index (χ2v) is 10.2. The third-order valence-electron chi connectivity index (χ3n) is 7.74. The molecular formula is C34H23N3. The molecule has 7 rings (SSSR count). The van der Waals surface area contributed by atoms with E-state index in [0.717, 1.165) is 38.5 Å². The van der Waals surface area contributed by atoms with Gasteiger partial charge >= 0.3 is 0 Å². The van der Waals surface area contributed by atoms with Crippen LogP contribution in [0.15, 0.2) is 103 Å². The lowest BCUT2D eigenvalue weighted by Crippen LogP contribution is -2.15. The van der Waals surface area contributed by atoms with E-state index in [2.05, 4.69) is 90.4 Å². The molecule has 6 aromatic rings. The van der Waals surface area contributed by atoms with Crippen LogP contribution in [0.5, 0.6) is 0 Å². The lowest BCUT2D eigenvalue weighted by atomic mass is 9.81. The zero-order valence-electron chi connectivity index (χ0n) is 20.7. The van der Waals surface area contributed by atoms with Crippen molar-refractivity contribution in [2.75, 3.05) is 0 Å².